The Kier molecular flexibility index (Phi) is 3.50. The van der Waals surface area contributed by atoms with Crippen molar-refractivity contribution < 1.29 is 0 Å². The van der Waals surface area contributed by atoms with Crippen molar-refractivity contribution in [2.75, 3.05) is 5.73 Å². The summed E-state index contributed by atoms with van der Waals surface area (Å²) in [5, 5.41) is 7.61. The number of H-pyrrole nitrogens is 1. The van der Waals surface area contributed by atoms with Crippen LogP contribution in [0, 0.1) is 6.92 Å². The minimum absolute atomic E-state index is 0.743. The molecule has 3 N–H and O–H groups in total. The van der Waals surface area contributed by atoms with Crippen LogP contribution in [0.4, 0.5) is 5.69 Å². The Labute approximate surface area is 106 Å². The minimum atomic E-state index is 0.743. The molecule has 0 radical (unpaired) electrons. The van der Waals surface area contributed by atoms with Gasteiger partial charge in [-0.25, -0.2) is 4.98 Å². The van der Waals surface area contributed by atoms with Crippen molar-refractivity contribution in [1.82, 2.24) is 15.2 Å². The van der Waals surface area contributed by atoms with Crippen LogP contribution in [0.15, 0.2) is 27.8 Å². The van der Waals surface area contributed by atoms with Gasteiger partial charge in [-0.15, -0.1) is 5.10 Å². The van der Waals surface area contributed by atoms with Crippen molar-refractivity contribution in [3.8, 4) is 0 Å². The number of anilines is 1. The third kappa shape index (κ3) is 2.56. The molecule has 2 aromatic rings. The monoisotopic (exact) mass is 298 g/mol. The fraction of sp³-hybridized carbons (Fsp3) is 0.200. The molecular formula is C10H11BrN4S. The number of nitrogen functional groups attached to an aromatic ring is 1. The van der Waals surface area contributed by atoms with Gasteiger partial charge in [0.2, 0.25) is 5.16 Å². The lowest BCUT2D eigenvalue weighted by Gasteiger charge is -2.05. The molecular weight excluding hydrogens is 288 g/mol. The molecule has 0 saturated carbocycles. The van der Waals surface area contributed by atoms with Crippen molar-refractivity contribution in [2.24, 2.45) is 0 Å². The van der Waals surface area contributed by atoms with Crippen LogP contribution in [0.2, 0.25) is 0 Å². The number of hydrogen-bond acceptors (Lipinski definition) is 4. The zero-order valence-electron chi connectivity index (χ0n) is 8.70. The second-order valence-corrected chi connectivity index (χ2v) is 5.10. The van der Waals surface area contributed by atoms with E-state index in [1.165, 1.54) is 0 Å². The predicted molar refractivity (Wildman–Crippen MR) is 69.2 cm³/mol. The molecule has 0 bridgehead atoms. The van der Waals surface area contributed by atoms with Gasteiger partial charge in [0.25, 0.3) is 0 Å². The molecule has 0 spiro atoms. The Morgan fingerprint density at radius 2 is 2.31 bits per heavy atom. The van der Waals surface area contributed by atoms with Gasteiger partial charge in [-0.2, -0.15) is 0 Å². The Balaban J connectivity index is 2.10. The number of benzene rings is 1. The summed E-state index contributed by atoms with van der Waals surface area (Å²) in [4.78, 5) is 4.23. The Bertz CT molecular complexity index is 477. The molecule has 2 rings (SSSR count). The molecule has 0 amide bonds. The first-order chi connectivity index (χ1) is 7.66. The third-order valence-electron chi connectivity index (χ3n) is 2.08. The predicted octanol–water partition coefficient (Wildman–Crippen LogP) is 2.75. The molecule has 6 heteroatoms. The molecule has 1 aromatic carbocycles. The summed E-state index contributed by atoms with van der Waals surface area (Å²) in [5.41, 5.74) is 7.76. The summed E-state index contributed by atoms with van der Waals surface area (Å²) in [6.07, 6.45) is 0. The van der Waals surface area contributed by atoms with Crippen LogP contribution in [0.25, 0.3) is 0 Å². The van der Waals surface area contributed by atoms with Gasteiger partial charge in [-0.3, -0.25) is 5.10 Å². The van der Waals surface area contributed by atoms with E-state index in [0.717, 1.165) is 32.5 Å². The van der Waals surface area contributed by atoms with Gasteiger partial charge in [0.1, 0.15) is 5.82 Å². The summed E-state index contributed by atoms with van der Waals surface area (Å²) in [6, 6.07) is 5.80. The quantitative estimate of drug-likeness (QED) is 0.675. The first-order valence-corrected chi connectivity index (χ1v) is 6.49. The van der Waals surface area contributed by atoms with Gasteiger partial charge in [0.15, 0.2) is 0 Å². The first kappa shape index (κ1) is 11.5. The number of aryl methyl sites for hydroxylation is 1. The highest BCUT2D eigenvalue weighted by molar-refractivity contribution is 9.10. The van der Waals surface area contributed by atoms with E-state index in [4.69, 9.17) is 5.73 Å². The zero-order chi connectivity index (χ0) is 11.5. The molecule has 0 atom stereocenters. The summed E-state index contributed by atoms with van der Waals surface area (Å²) in [7, 11) is 0. The van der Waals surface area contributed by atoms with Crippen LogP contribution >= 0.6 is 27.7 Å². The fourth-order valence-electron chi connectivity index (χ4n) is 1.25. The molecule has 0 aliphatic carbocycles. The number of hydrogen-bond donors (Lipinski definition) is 2. The Morgan fingerprint density at radius 1 is 1.50 bits per heavy atom. The van der Waals surface area contributed by atoms with Gasteiger partial charge in [-0.1, -0.05) is 33.8 Å². The van der Waals surface area contributed by atoms with E-state index >= 15 is 0 Å². The van der Waals surface area contributed by atoms with E-state index < -0.39 is 0 Å². The van der Waals surface area contributed by atoms with E-state index in [0.29, 0.717) is 0 Å². The van der Waals surface area contributed by atoms with Crippen molar-refractivity contribution in [3.05, 3.63) is 34.1 Å². The highest BCUT2D eigenvalue weighted by Gasteiger charge is 2.07. The highest BCUT2D eigenvalue weighted by Crippen LogP contribution is 2.28. The third-order valence-corrected chi connectivity index (χ3v) is 3.69. The number of nitrogens with two attached hydrogens (primary N) is 1. The van der Waals surface area contributed by atoms with Crippen LogP contribution in [-0.2, 0) is 5.75 Å². The van der Waals surface area contributed by atoms with Gasteiger partial charge < -0.3 is 5.73 Å². The SMILES string of the molecule is Cc1nc(SCc2c(N)cccc2Br)n[nH]1. The van der Waals surface area contributed by atoms with E-state index in [1.807, 2.05) is 25.1 Å². The van der Waals surface area contributed by atoms with Gasteiger partial charge in [-0.05, 0) is 24.6 Å². The second kappa shape index (κ2) is 4.88. The fourth-order valence-corrected chi connectivity index (χ4v) is 2.87. The van der Waals surface area contributed by atoms with E-state index in [2.05, 4.69) is 31.1 Å². The maximum atomic E-state index is 5.90. The van der Waals surface area contributed by atoms with Crippen LogP contribution in [0.1, 0.15) is 11.4 Å². The minimum Gasteiger partial charge on any atom is -0.398 e. The van der Waals surface area contributed by atoms with Gasteiger partial charge >= 0.3 is 0 Å². The number of aromatic nitrogens is 3. The maximum Gasteiger partial charge on any atom is 0.208 e. The number of halogens is 1. The molecule has 16 heavy (non-hydrogen) atoms. The molecule has 0 aliphatic heterocycles. The van der Waals surface area contributed by atoms with Crippen LogP contribution < -0.4 is 5.73 Å². The topological polar surface area (TPSA) is 67.6 Å². The number of aromatic amines is 1. The number of nitrogens with one attached hydrogen (secondary N) is 1. The van der Waals surface area contributed by atoms with Gasteiger partial charge in [0, 0.05) is 15.9 Å². The molecule has 0 unspecified atom stereocenters. The Hall–Kier alpha value is -1.01. The molecule has 84 valence electrons. The van der Waals surface area contributed by atoms with Crippen LogP contribution in [-0.4, -0.2) is 15.2 Å². The van der Waals surface area contributed by atoms with Crippen molar-refractivity contribution in [3.63, 3.8) is 0 Å². The summed E-state index contributed by atoms with van der Waals surface area (Å²) in [6.45, 7) is 1.88. The highest BCUT2D eigenvalue weighted by atomic mass is 79.9. The standard InChI is InChI=1S/C10H11BrN4S/c1-6-13-10(15-14-6)16-5-7-8(11)3-2-4-9(7)12/h2-4H,5,12H2,1H3,(H,13,14,15). The van der Waals surface area contributed by atoms with E-state index in [9.17, 15) is 0 Å². The molecule has 0 saturated heterocycles. The van der Waals surface area contributed by atoms with Crippen molar-refractivity contribution in [2.45, 2.75) is 17.8 Å². The first-order valence-electron chi connectivity index (χ1n) is 4.71. The van der Waals surface area contributed by atoms with E-state index in [-0.39, 0.29) is 0 Å². The largest absolute Gasteiger partial charge is 0.398 e. The van der Waals surface area contributed by atoms with Crippen LogP contribution in [0.5, 0.6) is 0 Å². The molecule has 1 heterocycles. The lowest BCUT2D eigenvalue weighted by Crippen LogP contribution is -1.93. The number of rotatable bonds is 3. The average Bonchev–Trinajstić information content (AvgIpc) is 2.63. The average molecular weight is 299 g/mol. The zero-order valence-corrected chi connectivity index (χ0v) is 11.1. The van der Waals surface area contributed by atoms with Crippen LogP contribution in [0.3, 0.4) is 0 Å². The van der Waals surface area contributed by atoms with Crippen molar-refractivity contribution >= 4 is 33.4 Å². The maximum absolute atomic E-state index is 5.90. The number of thioether (sulfide) groups is 1. The summed E-state index contributed by atoms with van der Waals surface area (Å²) >= 11 is 5.04. The molecule has 4 nitrogen and oxygen atoms in total. The number of nitrogens with zero attached hydrogens (tertiary/aromatic N) is 2. The van der Waals surface area contributed by atoms with E-state index in [1.54, 1.807) is 11.8 Å². The second-order valence-electron chi connectivity index (χ2n) is 3.30. The Morgan fingerprint density at radius 3 is 2.94 bits per heavy atom. The molecule has 1 aromatic heterocycles. The molecule has 0 fully saturated rings. The van der Waals surface area contributed by atoms with Gasteiger partial charge in [0.05, 0.1) is 0 Å². The lowest BCUT2D eigenvalue weighted by atomic mass is 10.2. The van der Waals surface area contributed by atoms with Crippen molar-refractivity contribution in [1.29, 1.82) is 0 Å². The summed E-state index contributed by atoms with van der Waals surface area (Å²) in [5.74, 6) is 1.58. The smallest absolute Gasteiger partial charge is 0.208 e. The molecule has 0 aliphatic rings. The summed E-state index contributed by atoms with van der Waals surface area (Å²) < 4.78 is 1.02. The normalized spacial score (nSPS) is 10.6. The lowest BCUT2D eigenvalue weighted by molar-refractivity contribution is 0.969.